The van der Waals surface area contributed by atoms with Crippen LogP contribution in [0.4, 0.5) is 0 Å². The van der Waals surface area contributed by atoms with Gasteiger partial charge in [-0.3, -0.25) is 0 Å². The summed E-state index contributed by atoms with van der Waals surface area (Å²) in [7, 11) is 0. The number of carbonyl (C=O) groups excluding carboxylic acids is 1. The molecule has 0 radical (unpaired) electrons. The van der Waals surface area contributed by atoms with Gasteiger partial charge in [0.2, 0.25) is 0 Å². The summed E-state index contributed by atoms with van der Waals surface area (Å²) in [4.78, 5) is 16.5. The molecule has 0 unspecified atom stereocenters. The first-order chi connectivity index (χ1) is 3.15. The Labute approximate surface area is 74.7 Å². The average molecular weight is 121 g/mol. The van der Waals surface area contributed by atoms with Crippen LogP contribution in [-0.2, 0) is 4.79 Å². The van der Waals surface area contributed by atoms with Gasteiger partial charge in [-0.2, -0.15) is 0 Å². The van der Waals surface area contributed by atoms with Crippen LogP contribution in [0.1, 0.15) is 0 Å². The van der Waals surface area contributed by atoms with Crippen molar-refractivity contribution in [3.63, 3.8) is 0 Å². The van der Waals surface area contributed by atoms with E-state index in [0.717, 1.165) is 0 Å². The first-order valence-electron chi connectivity index (χ1n) is 1.02. The summed E-state index contributed by atoms with van der Waals surface area (Å²) in [5, 5.41) is 23.0. The molecule has 0 bridgehead atoms. The molecule has 0 aromatic rings. The molecule has 0 spiro atoms. The minimum absolute atomic E-state index is 0. The molecule has 0 atom stereocenters. The van der Waals surface area contributed by atoms with Gasteiger partial charge in [0, 0.05) is 6.47 Å². The maximum absolute atomic E-state index is 8.25. The quantitative estimate of drug-likeness (QED) is 0.137. The van der Waals surface area contributed by atoms with E-state index in [1.54, 1.807) is 0 Å². The van der Waals surface area contributed by atoms with Gasteiger partial charge in [0.25, 0.3) is 0 Å². The van der Waals surface area contributed by atoms with Gasteiger partial charge in [-0.15, -0.1) is 0 Å². The summed E-state index contributed by atoms with van der Waals surface area (Å²) in [6.07, 6.45) is 0. The zero-order valence-corrected chi connectivity index (χ0v) is 5.07. The molecule has 0 fully saturated rings. The molecular weight excluding hydrogens is 120 g/mol. The molecule has 0 amide bonds. The van der Waals surface area contributed by atoms with E-state index >= 15 is 0 Å². The van der Waals surface area contributed by atoms with Crippen molar-refractivity contribution in [2.24, 2.45) is 0 Å². The second-order valence-electron chi connectivity index (χ2n) is 0.320. The molecular formula is CHLi2NO5. The third kappa shape index (κ3) is 14800. The van der Waals surface area contributed by atoms with E-state index in [2.05, 4.69) is 0 Å². The summed E-state index contributed by atoms with van der Waals surface area (Å²) in [6, 6.07) is 0. The van der Waals surface area contributed by atoms with E-state index in [9.17, 15) is 0 Å². The van der Waals surface area contributed by atoms with E-state index in [-0.39, 0.29) is 37.7 Å². The molecule has 0 aromatic heterocycles. The van der Waals surface area contributed by atoms with Crippen LogP contribution in [0, 0.1) is 15.3 Å². The van der Waals surface area contributed by atoms with Crippen molar-refractivity contribution in [2.45, 2.75) is 0 Å². The number of carboxylic acid groups (broad SMARTS) is 1. The standard InChI is InChI=1S/CH2O2.2Li.NO3/c2-1-3;;;2-1(3)4/h1H,(H,2,3);;;/q;2*+1;-1/p-1. The fourth-order valence-corrected chi connectivity index (χ4v) is 0. The van der Waals surface area contributed by atoms with Crippen LogP contribution in [0.5, 0.6) is 0 Å². The van der Waals surface area contributed by atoms with Gasteiger partial charge in [-0.1, -0.05) is 0 Å². The third-order valence-corrected chi connectivity index (χ3v) is 0. The first kappa shape index (κ1) is 23.2. The number of hydrogen-bond donors (Lipinski definition) is 0. The number of carbonyl (C=O) groups is 1. The molecule has 0 saturated carbocycles. The van der Waals surface area contributed by atoms with Crippen molar-refractivity contribution in [1.82, 2.24) is 0 Å². The molecule has 0 aliphatic carbocycles. The number of nitrogens with zero attached hydrogens (tertiary/aromatic N) is 1. The Bertz CT molecular complexity index is 62.0. The SMILES string of the molecule is O=C[O-].O=[N+]([O-])[O-].[Li+].[Li+]. The van der Waals surface area contributed by atoms with E-state index < -0.39 is 11.6 Å². The molecule has 0 aliphatic rings. The Balaban J connectivity index is -0.0000000233. The van der Waals surface area contributed by atoms with E-state index in [0.29, 0.717) is 0 Å². The zero-order chi connectivity index (χ0) is 6.28. The van der Waals surface area contributed by atoms with Crippen LogP contribution in [0.3, 0.4) is 0 Å². The Morgan fingerprint density at radius 3 is 1.22 bits per heavy atom. The number of hydrogen-bond acceptors (Lipinski definition) is 5. The summed E-state index contributed by atoms with van der Waals surface area (Å²) in [6.45, 7) is -0.500. The van der Waals surface area contributed by atoms with E-state index in [4.69, 9.17) is 25.2 Å². The van der Waals surface area contributed by atoms with Gasteiger partial charge < -0.3 is 25.2 Å². The van der Waals surface area contributed by atoms with E-state index in [1.807, 2.05) is 0 Å². The van der Waals surface area contributed by atoms with Gasteiger partial charge in [0.05, 0.1) is 5.09 Å². The van der Waals surface area contributed by atoms with Crippen molar-refractivity contribution >= 4 is 6.47 Å². The summed E-state index contributed by atoms with van der Waals surface area (Å²) in [5.74, 6) is 0. The summed E-state index contributed by atoms with van der Waals surface area (Å²) < 4.78 is 0. The Kier molecular flexibility index (Phi) is 63.9. The second-order valence-corrected chi connectivity index (χ2v) is 0.320. The van der Waals surface area contributed by atoms with Crippen molar-refractivity contribution < 1.29 is 52.7 Å². The maximum Gasteiger partial charge on any atom is 1.00 e. The second kappa shape index (κ2) is 24.8. The van der Waals surface area contributed by atoms with Crippen LogP contribution in [-0.4, -0.2) is 11.6 Å². The molecule has 0 saturated heterocycles. The van der Waals surface area contributed by atoms with Crippen molar-refractivity contribution in [2.75, 3.05) is 0 Å². The van der Waals surface area contributed by atoms with Crippen molar-refractivity contribution in [3.8, 4) is 0 Å². The van der Waals surface area contributed by atoms with E-state index in [1.165, 1.54) is 0 Å². The molecule has 8 heteroatoms. The molecule has 42 valence electrons. The van der Waals surface area contributed by atoms with Gasteiger partial charge in [0.1, 0.15) is 0 Å². The van der Waals surface area contributed by atoms with Gasteiger partial charge >= 0.3 is 37.7 Å². The van der Waals surface area contributed by atoms with Crippen LogP contribution in [0.15, 0.2) is 0 Å². The fourth-order valence-electron chi connectivity index (χ4n) is 0. The van der Waals surface area contributed by atoms with Gasteiger partial charge in [0.15, 0.2) is 0 Å². The average Bonchev–Trinajstić information content (AvgIpc) is 1.33. The Morgan fingerprint density at radius 1 is 1.22 bits per heavy atom. The van der Waals surface area contributed by atoms with Crippen LogP contribution in [0.2, 0.25) is 0 Å². The third-order valence-electron chi connectivity index (χ3n) is 0. The monoisotopic (exact) mass is 121 g/mol. The Hall–Kier alpha value is -0.135. The minimum Gasteiger partial charge on any atom is -0.554 e. The van der Waals surface area contributed by atoms with Crippen molar-refractivity contribution in [3.05, 3.63) is 15.3 Å². The van der Waals surface area contributed by atoms with Gasteiger partial charge in [-0.05, 0) is 0 Å². The smallest absolute Gasteiger partial charge is 0.554 e. The zero-order valence-electron chi connectivity index (χ0n) is 5.07. The van der Waals surface area contributed by atoms with Crippen molar-refractivity contribution in [1.29, 1.82) is 0 Å². The predicted octanol–water partition coefficient (Wildman–Crippen LogP) is -7.86. The largest absolute Gasteiger partial charge is 1.00 e. The topological polar surface area (TPSA) is 106 Å². The van der Waals surface area contributed by atoms with Crippen LogP contribution in [0.25, 0.3) is 0 Å². The number of rotatable bonds is 0. The predicted molar refractivity (Wildman–Crippen MR) is 16.4 cm³/mol. The molecule has 0 rings (SSSR count). The summed E-state index contributed by atoms with van der Waals surface area (Å²) >= 11 is 0. The molecule has 0 N–H and O–H groups in total. The Morgan fingerprint density at radius 2 is 1.22 bits per heavy atom. The molecule has 0 aromatic carbocycles. The molecule has 0 aliphatic heterocycles. The van der Waals surface area contributed by atoms with Crippen LogP contribution >= 0.6 is 0 Å². The van der Waals surface area contributed by atoms with Crippen LogP contribution < -0.4 is 42.8 Å². The summed E-state index contributed by atoms with van der Waals surface area (Å²) in [5.41, 5.74) is 0. The fraction of sp³-hybridized carbons (Fsp3) is 0. The maximum atomic E-state index is 8.25. The van der Waals surface area contributed by atoms with Gasteiger partial charge in [-0.25, -0.2) is 0 Å². The molecule has 9 heavy (non-hydrogen) atoms. The normalized spacial score (nSPS) is 4.00. The first-order valence-corrected chi connectivity index (χ1v) is 1.02. The molecule has 6 nitrogen and oxygen atoms in total. The minimum atomic E-state index is -1.75. The molecule has 0 heterocycles.